The standard InChI is InChI=1S/C17H21NO2/c1-12-8-9-13-11-16(20-15(13)10-12)17(19)18-14-6-4-2-3-5-7-14/h8-11,14H,2-7H2,1H3,(H,18,19). The molecule has 0 spiro atoms. The number of benzene rings is 1. The fraction of sp³-hybridized carbons (Fsp3) is 0.471. The van der Waals surface area contributed by atoms with Gasteiger partial charge in [-0.05, 0) is 37.5 Å². The second-order valence-corrected chi connectivity index (χ2v) is 5.81. The van der Waals surface area contributed by atoms with Gasteiger partial charge in [0.1, 0.15) is 5.58 Å². The van der Waals surface area contributed by atoms with E-state index >= 15 is 0 Å². The zero-order chi connectivity index (χ0) is 13.9. The molecule has 0 bridgehead atoms. The minimum absolute atomic E-state index is 0.0780. The highest BCUT2D eigenvalue weighted by molar-refractivity contribution is 5.96. The summed E-state index contributed by atoms with van der Waals surface area (Å²) in [6.07, 6.45) is 7.18. The van der Waals surface area contributed by atoms with Gasteiger partial charge >= 0.3 is 0 Å². The number of furan rings is 1. The van der Waals surface area contributed by atoms with E-state index < -0.39 is 0 Å². The van der Waals surface area contributed by atoms with Crippen LogP contribution in [-0.4, -0.2) is 11.9 Å². The van der Waals surface area contributed by atoms with E-state index in [1.165, 1.54) is 25.7 Å². The largest absolute Gasteiger partial charge is 0.451 e. The molecule has 1 amide bonds. The third kappa shape index (κ3) is 2.87. The second-order valence-electron chi connectivity index (χ2n) is 5.81. The molecule has 0 saturated heterocycles. The van der Waals surface area contributed by atoms with Crippen LogP contribution in [0.3, 0.4) is 0 Å². The SMILES string of the molecule is Cc1ccc2cc(C(=O)NC3CCCCCC3)oc2c1. The Morgan fingerprint density at radius 2 is 1.90 bits per heavy atom. The number of carbonyl (C=O) groups excluding carboxylic acids is 1. The molecule has 1 aromatic carbocycles. The van der Waals surface area contributed by atoms with Crippen molar-refractivity contribution in [2.24, 2.45) is 0 Å². The molecule has 1 fully saturated rings. The third-order valence-corrected chi connectivity index (χ3v) is 4.09. The van der Waals surface area contributed by atoms with Crippen LogP contribution in [0.25, 0.3) is 11.0 Å². The molecular formula is C17H21NO2. The number of aryl methyl sites for hydroxylation is 1. The maximum atomic E-state index is 12.3. The van der Waals surface area contributed by atoms with E-state index in [1.54, 1.807) is 0 Å². The molecule has 1 aromatic heterocycles. The smallest absolute Gasteiger partial charge is 0.287 e. The number of amides is 1. The van der Waals surface area contributed by atoms with E-state index in [4.69, 9.17) is 4.42 Å². The third-order valence-electron chi connectivity index (χ3n) is 4.09. The van der Waals surface area contributed by atoms with Crippen LogP contribution in [0.5, 0.6) is 0 Å². The molecule has 3 nitrogen and oxygen atoms in total. The van der Waals surface area contributed by atoms with Gasteiger partial charge in [-0.25, -0.2) is 0 Å². The Bertz CT molecular complexity index is 606. The Morgan fingerprint density at radius 1 is 1.15 bits per heavy atom. The summed E-state index contributed by atoms with van der Waals surface area (Å²) in [5, 5.41) is 4.11. The minimum atomic E-state index is -0.0780. The normalized spacial score (nSPS) is 17.1. The van der Waals surface area contributed by atoms with Crippen LogP contribution in [0.15, 0.2) is 28.7 Å². The molecule has 1 aliphatic rings. The van der Waals surface area contributed by atoms with Crippen LogP contribution in [0.4, 0.5) is 0 Å². The summed E-state index contributed by atoms with van der Waals surface area (Å²) >= 11 is 0. The van der Waals surface area contributed by atoms with Crippen molar-refractivity contribution in [3.63, 3.8) is 0 Å². The topological polar surface area (TPSA) is 42.2 Å². The highest BCUT2D eigenvalue weighted by atomic mass is 16.3. The zero-order valence-electron chi connectivity index (χ0n) is 11.9. The molecule has 1 N–H and O–H groups in total. The van der Waals surface area contributed by atoms with Gasteiger partial charge < -0.3 is 9.73 Å². The lowest BCUT2D eigenvalue weighted by Gasteiger charge is -2.14. The highest BCUT2D eigenvalue weighted by Gasteiger charge is 2.18. The van der Waals surface area contributed by atoms with Crippen LogP contribution in [0, 0.1) is 6.92 Å². The van der Waals surface area contributed by atoms with Crippen molar-refractivity contribution in [1.29, 1.82) is 0 Å². The zero-order valence-corrected chi connectivity index (χ0v) is 11.9. The lowest BCUT2D eigenvalue weighted by atomic mass is 10.1. The van der Waals surface area contributed by atoms with E-state index in [0.717, 1.165) is 29.4 Å². The molecule has 2 aromatic rings. The molecule has 3 rings (SSSR count). The summed E-state index contributed by atoms with van der Waals surface area (Å²) in [5.41, 5.74) is 1.93. The van der Waals surface area contributed by atoms with E-state index in [0.29, 0.717) is 11.8 Å². The number of carbonyl (C=O) groups is 1. The number of hydrogen-bond acceptors (Lipinski definition) is 2. The van der Waals surface area contributed by atoms with Crippen LogP contribution in [0.1, 0.15) is 54.6 Å². The minimum Gasteiger partial charge on any atom is -0.451 e. The molecule has 1 heterocycles. The highest BCUT2D eigenvalue weighted by Crippen LogP contribution is 2.22. The van der Waals surface area contributed by atoms with Crippen LogP contribution in [0.2, 0.25) is 0 Å². The van der Waals surface area contributed by atoms with Crippen LogP contribution >= 0.6 is 0 Å². The van der Waals surface area contributed by atoms with Gasteiger partial charge in [0, 0.05) is 11.4 Å². The first-order chi connectivity index (χ1) is 9.72. The predicted molar refractivity (Wildman–Crippen MR) is 79.9 cm³/mol. The first-order valence-corrected chi connectivity index (χ1v) is 7.53. The fourth-order valence-corrected chi connectivity index (χ4v) is 2.93. The number of fused-ring (bicyclic) bond motifs is 1. The molecule has 20 heavy (non-hydrogen) atoms. The molecular weight excluding hydrogens is 250 g/mol. The van der Waals surface area contributed by atoms with Crippen molar-refractivity contribution in [2.75, 3.05) is 0 Å². The summed E-state index contributed by atoms with van der Waals surface area (Å²) in [7, 11) is 0. The van der Waals surface area contributed by atoms with Crippen molar-refractivity contribution in [3.8, 4) is 0 Å². The van der Waals surface area contributed by atoms with E-state index in [9.17, 15) is 4.79 Å². The van der Waals surface area contributed by atoms with E-state index in [2.05, 4.69) is 5.32 Å². The average Bonchev–Trinajstić information content (AvgIpc) is 2.68. The van der Waals surface area contributed by atoms with E-state index in [-0.39, 0.29) is 5.91 Å². The summed E-state index contributed by atoms with van der Waals surface area (Å²) in [4.78, 5) is 12.3. The molecule has 0 aliphatic heterocycles. The summed E-state index contributed by atoms with van der Waals surface area (Å²) in [5.74, 6) is 0.348. The molecule has 0 radical (unpaired) electrons. The van der Waals surface area contributed by atoms with Gasteiger partial charge in [0.2, 0.25) is 0 Å². The summed E-state index contributed by atoms with van der Waals surface area (Å²) in [6.45, 7) is 2.02. The van der Waals surface area contributed by atoms with Gasteiger partial charge in [0.15, 0.2) is 5.76 Å². The van der Waals surface area contributed by atoms with Crippen LogP contribution < -0.4 is 5.32 Å². The molecule has 0 atom stereocenters. The first kappa shape index (κ1) is 13.2. The van der Waals surface area contributed by atoms with Gasteiger partial charge in [-0.2, -0.15) is 0 Å². The maximum Gasteiger partial charge on any atom is 0.287 e. The quantitative estimate of drug-likeness (QED) is 0.832. The van der Waals surface area contributed by atoms with Crippen molar-refractivity contribution >= 4 is 16.9 Å². The van der Waals surface area contributed by atoms with Gasteiger partial charge in [-0.1, -0.05) is 37.8 Å². The monoisotopic (exact) mass is 271 g/mol. The van der Waals surface area contributed by atoms with Crippen molar-refractivity contribution in [1.82, 2.24) is 5.32 Å². The second kappa shape index (κ2) is 5.70. The van der Waals surface area contributed by atoms with Gasteiger partial charge in [-0.3, -0.25) is 4.79 Å². The molecule has 3 heteroatoms. The maximum absolute atomic E-state index is 12.3. The Morgan fingerprint density at radius 3 is 2.65 bits per heavy atom. The summed E-state index contributed by atoms with van der Waals surface area (Å²) in [6, 6.07) is 8.14. The lowest BCUT2D eigenvalue weighted by molar-refractivity contribution is 0.0907. The fourth-order valence-electron chi connectivity index (χ4n) is 2.93. The van der Waals surface area contributed by atoms with E-state index in [1.807, 2.05) is 31.2 Å². The van der Waals surface area contributed by atoms with Crippen LogP contribution in [-0.2, 0) is 0 Å². The van der Waals surface area contributed by atoms with Gasteiger partial charge in [0.05, 0.1) is 0 Å². The summed E-state index contributed by atoms with van der Waals surface area (Å²) < 4.78 is 5.67. The Kier molecular flexibility index (Phi) is 3.77. The number of nitrogens with one attached hydrogen (secondary N) is 1. The Hall–Kier alpha value is -1.77. The Labute approximate surface area is 119 Å². The lowest BCUT2D eigenvalue weighted by Crippen LogP contribution is -2.34. The van der Waals surface area contributed by atoms with Gasteiger partial charge in [0.25, 0.3) is 5.91 Å². The molecule has 0 unspecified atom stereocenters. The number of hydrogen-bond donors (Lipinski definition) is 1. The molecule has 106 valence electrons. The van der Waals surface area contributed by atoms with Crippen molar-refractivity contribution < 1.29 is 9.21 Å². The number of rotatable bonds is 2. The Balaban J connectivity index is 1.74. The predicted octanol–water partition coefficient (Wildman–Crippen LogP) is 4.19. The molecule has 1 aliphatic carbocycles. The first-order valence-electron chi connectivity index (χ1n) is 7.53. The molecule has 1 saturated carbocycles. The van der Waals surface area contributed by atoms with Gasteiger partial charge in [-0.15, -0.1) is 0 Å². The average molecular weight is 271 g/mol. The van der Waals surface area contributed by atoms with Crippen molar-refractivity contribution in [3.05, 3.63) is 35.6 Å². The van der Waals surface area contributed by atoms with Crippen molar-refractivity contribution in [2.45, 2.75) is 51.5 Å².